The van der Waals surface area contributed by atoms with Crippen molar-refractivity contribution in [2.45, 2.75) is 32.4 Å². The predicted octanol–water partition coefficient (Wildman–Crippen LogP) is 4.68. The molecule has 0 radical (unpaired) electrons. The van der Waals surface area contributed by atoms with Crippen LogP contribution in [-0.4, -0.2) is 10.6 Å². The van der Waals surface area contributed by atoms with Crippen LogP contribution in [0.2, 0.25) is 4.34 Å². The summed E-state index contributed by atoms with van der Waals surface area (Å²) in [4.78, 5) is 1.27. The highest BCUT2D eigenvalue weighted by Crippen LogP contribution is 2.27. The minimum Gasteiger partial charge on any atom is -0.342 e. The van der Waals surface area contributed by atoms with E-state index in [-0.39, 0.29) is 6.04 Å². The van der Waals surface area contributed by atoms with Crippen LogP contribution in [-0.2, 0) is 13.0 Å². The summed E-state index contributed by atoms with van der Waals surface area (Å²) in [6.07, 6.45) is 4.17. The van der Waals surface area contributed by atoms with E-state index >= 15 is 0 Å². The first-order valence-electron chi connectivity index (χ1n) is 7.24. The third-order valence-electron chi connectivity index (χ3n) is 3.83. The lowest BCUT2D eigenvalue weighted by molar-refractivity contribution is 0.647. The lowest BCUT2D eigenvalue weighted by Gasteiger charge is -2.06. The van der Waals surface area contributed by atoms with Crippen LogP contribution in [0.5, 0.6) is 0 Å². The van der Waals surface area contributed by atoms with E-state index in [2.05, 4.69) is 48.0 Å². The molecule has 1 aromatic carbocycles. The smallest absolute Gasteiger partial charge is 0.0931 e. The van der Waals surface area contributed by atoms with Crippen molar-refractivity contribution in [3.05, 3.63) is 57.4 Å². The minimum atomic E-state index is 0.223. The van der Waals surface area contributed by atoms with Gasteiger partial charge in [0.2, 0.25) is 0 Å². The number of benzene rings is 1. The van der Waals surface area contributed by atoms with Crippen LogP contribution in [0.25, 0.3) is 10.9 Å². The Kier molecular flexibility index (Phi) is 4.34. The van der Waals surface area contributed by atoms with Crippen molar-refractivity contribution in [2.75, 3.05) is 0 Å². The number of para-hydroxylation sites is 1. The average Bonchev–Trinajstić information content (AvgIpc) is 3.04. The number of fused-ring (bicyclic) bond motifs is 1. The summed E-state index contributed by atoms with van der Waals surface area (Å²) in [5.41, 5.74) is 8.74. The molecule has 3 aromatic rings. The molecule has 0 spiro atoms. The number of aromatic nitrogens is 1. The number of rotatable bonds is 5. The molecule has 110 valence electrons. The van der Waals surface area contributed by atoms with Gasteiger partial charge in [0.05, 0.1) is 10.9 Å². The van der Waals surface area contributed by atoms with E-state index in [0.29, 0.717) is 0 Å². The first kappa shape index (κ1) is 14.6. The molecule has 0 aliphatic rings. The normalized spacial score (nSPS) is 12.9. The molecule has 4 heteroatoms. The van der Waals surface area contributed by atoms with Crippen LogP contribution in [0.1, 0.15) is 23.8 Å². The van der Waals surface area contributed by atoms with Crippen molar-refractivity contribution < 1.29 is 0 Å². The Morgan fingerprint density at radius 1 is 1.24 bits per heavy atom. The Hall–Kier alpha value is -1.29. The van der Waals surface area contributed by atoms with E-state index in [9.17, 15) is 0 Å². The highest BCUT2D eigenvalue weighted by Gasteiger charge is 2.11. The third kappa shape index (κ3) is 3.15. The molecule has 0 bridgehead atoms. The molecule has 2 nitrogen and oxygen atoms in total. The summed E-state index contributed by atoms with van der Waals surface area (Å²) >= 11 is 7.67. The maximum atomic E-state index is 6.14. The first-order valence-corrected chi connectivity index (χ1v) is 8.43. The summed E-state index contributed by atoms with van der Waals surface area (Å²) in [6.45, 7) is 3.00. The van der Waals surface area contributed by atoms with Gasteiger partial charge in [-0.05, 0) is 36.6 Å². The molecule has 0 aliphatic heterocycles. The monoisotopic (exact) mass is 318 g/mol. The van der Waals surface area contributed by atoms with Crippen LogP contribution >= 0.6 is 22.9 Å². The summed E-state index contributed by atoms with van der Waals surface area (Å²) in [7, 11) is 0. The average molecular weight is 319 g/mol. The second-order valence-corrected chi connectivity index (χ2v) is 7.18. The van der Waals surface area contributed by atoms with Crippen molar-refractivity contribution in [2.24, 2.45) is 5.73 Å². The van der Waals surface area contributed by atoms with Gasteiger partial charge in [-0.15, -0.1) is 11.3 Å². The van der Waals surface area contributed by atoms with Gasteiger partial charge in [-0.2, -0.15) is 0 Å². The molecule has 1 atom stereocenters. The third-order valence-corrected chi connectivity index (χ3v) is 5.05. The molecular formula is C17H19ClN2S. The van der Waals surface area contributed by atoms with Crippen molar-refractivity contribution in [1.82, 2.24) is 4.57 Å². The first-order chi connectivity index (χ1) is 10.2. The van der Waals surface area contributed by atoms with E-state index in [1.54, 1.807) is 11.3 Å². The van der Waals surface area contributed by atoms with Gasteiger partial charge in [-0.25, -0.2) is 0 Å². The molecule has 2 aromatic heterocycles. The molecule has 0 aliphatic carbocycles. The van der Waals surface area contributed by atoms with Crippen molar-refractivity contribution in [3.8, 4) is 0 Å². The Bertz CT molecular complexity index is 744. The molecule has 2 heterocycles. The van der Waals surface area contributed by atoms with Gasteiger partial charge < -0.3 is 10.3 Å². The molecule has 0 saturated heterocycles. The van der Waals surface area contributed by atoms with E-state index in [4.69, 9.17) is 17.3 Å². The maximum Gasteiger partial charge on any atom is 0.0931 e. The van der Waals surface area contributed by atoms with E-state index < -0.39 is 0 Å². The van der Waals surface area contributed by atoms with E-state index in [0.717, 1.165) is 23.7 Å². The fourth-order valence-corrected chi connectivity index (χ4v) is 3.73. The Labute approximate surface area is 134 Å². The molecule has 0 amide bonds. The zero-order valence-corrected chi connectivity index (χ0v) is 13.6. The largest absolute Gasteiger partial charge is 0.342 e. The Morgan fingerprint density at radius 2 is 2.05 bits per heavy atom. The molecule has 0 fully saturated rings. The number of hydrogen-bond acceptors (Lipinski definition) is 2. The number of nitrogens with zero attached hydrogens (tertiary/aromatic N) is 1. The van der Waals surface area contributed by atoms with Crippen LogP contribution in [0, 0.1) is 0 Å². The lowest BCUT2D eigenvalue weighted by Crippen LogP contribution is -2.21. The van der Waals surface area contributed by atoms with Gasteiger partial charge in [0.15, 0.2) is 0 Å². The van der Waals surface area contributed by atoms with Crippen LogP contribution < -0.4 is 5.73 Å². The van der Waals surface area contributed by atoms with Crippen molar-refractivity contribution in [1.29, 1.82) is 0 Å². The zero-order valence-electron chi connectivity index (χ0n) is 12.1. The molecule has 3 rings (SSSR count). The van der Waals surface area contributed by atoms with Crippen molar-refractivity contribution in [3.63, 3.8) is 0 Å². The van der Waals surface area contributed by atoms with Gasteiger partial charge in [0.1, 0.15) is 0 Å². The fourth-order valence-electron chi connectivity index (χ4n) is 2.65. The fraction of sp³-hybridized carbons (Fsp3) is 0.294. The summed E-state index contributed by atoms with van der Waals surface area (Å²) < 4.78 is 3.14. The molecule has 0 saturated carbocycles. The van der Waals surface area contributed by atoms with Gasteiger partial charge >= 0.3 is 0 Å². The van der Waals surface area contributed by atoms with Gasteiger partial charge in [-0.3, -0.25) is 0 Å². The molecule has 21 heavy (non-hydrogen) atoms. The predicted molar refractivity (Wildman–Crippen MR) is 92.3 cm³/mol. The quantitative estimate of drug-likeness (QED) is 0.727. The van der Waals surface area contributed by atoms with Crippen molar-refractivity contribution >= 4 is 33.8 Å². The van der Waals surface area contributed by atoms with Crippen LogP contribution in [0.3, 0.4) is 0 Å². The van der Waals surface area contributed by atoms with Gasteiger partial charge in [0.25, 0.3) is 0 Å². The second-order valence-electron chi connectivity index (χ2n) is 5.38. The number of hydrogen-bond donors (Lipinski definition) is 1. The topological polar surface area (TPSA) is 30.9 Å². The van der Waals surface area contributed by atoms with E-state index in [1.165, 1.54) is 21.3 Å². The number of nitrogens with two attached hydrogens (primary N) is 1. The molecule has 2 N–H and O–H groups in total. The Balaban J connectivity index is 1.98. The SMILES string of the molecule is CCC(N)Cc1cn(Cc2ccc(Cl)s2)c2ccccc12. The van der Waals surface area contributed by atoms with E-state index in [1.807, 2.05) is 6.07 Å². The summed E-state index contributed by atoms with van der Waals surface area (Å²) in [5.74, 6) is 0. The lowest BCUT2D eigenvalue weighted by atomic mass is 10.0. The number of halogens is 1. The zero-order chi connectivity index (χ0) is 14.8. The highest BCUT2D eigenvalue weighted by atomic mass is 35.5. The number of thiophene rings is 1. The van der Waals surface area contributed by atoms with Gasteiger partial charge in [-0.1, -0.05) is 36.7 Å². The summed E-state index contributed by atoms with van der Waals surface area (Å²) in [5, 5.41) is 1.31. The van der Waals surface area contributed by atoms with Gasteiger partial charge in [0, 0.05) is 28.0 Å². The highest BCUT2D eigenvalue weighted by molar-refractivity contribution is 7.16. The Morgan fingerprint density at radius 3 is 2.76 bits per heavy atom. The minimum absolute atomic E-state index is 0.223. The molecular weight excluding hydrogens is 300 g/mol. The van der Waals surface area contributed by atoms with Crippen LogP contribution in [0.4, 0.5) is 0 Å². The maximum absolute atomic E-state index is 6.14. The second kappa shape index (κ2) is 6.22. The summed E-state index contributed by atoms with van der Waals surface area (Å²) in [6, 6.07) is 12.8. The van der Waals surface area contributed by atoms with Crippen LogP contribution in [0.15, 0.2) is 42.6 Å². The standard InChI is InChI=1S/C17H19ClN2S/c1-2-13(19)9-12-10-20(11-14-7-8-17(18)21-14)16-6-4-3-5-15(12)16/h3-8,10,13H,2,9,11,19H2,1H3. The molecule has 1 unspecified atom stereocenters.